The third-order valence-electron chi connectivity index (χ3n) is 9.45. The van der Waals surface area contributed by atoms with Gasteiger partial charge in [0.15, 0.2) is 17.5 Å². The van der Waals surface area contributed by atoms with E-state index in [1.165, 1.54) is 42.0 Å². The number of hydrogen-bond donors (Lipinski definition) is 0. The molecule has 0 saturated heterocycles. The fourth-order valence-corrected chi connectivity index (χ4v) is 8.24. The summed E-state index contributed by atoms with van der Waals surface area (Å²) in [6, 6.07) is 59.7. The first-order valence-electron chi connectivity index (χ1n) is 16.7. The van der Waals surface area contributed by atoms with Crippen molar-refractivity contribution in [2.75, 3.05) is 0 Å². The van der Waals surface area contributed by atoms with Crippen molar-refractivity contribution in [2.24, 2.45) is 0 Å². The maximum Gasteiger partial charge on any atom is 0.164 e. The summed E-state index contributed by atoms with van der Waals surface area (Å²) >= 11 is 1.81. The van der Waals surface area contributed by atoms with Crippen LogP contribution in [0.2, 0.25) is 0 Å². The molecule has 0 unspecified atom stereocenters. The second-order valence-electron chi connectivity index (χ2n) is 12.5. The van der Waals surface area contributed by atoms with Gasteiger partial charge in [-0.25, -0.2) is 15.0 Å². The molecule has 0 amide bonds. The van der Waals surface area contributed by atoms with Gasteiger partial charge in [-0.15, -0.1) is 11.3 Å². The van der Waals surface area contributed by atoms with Gasteiger partial charge in [-0.05, 0) is 47.5 Å². The van der Waals surface area contributed by atoms with Crippen LogP contribution in [0.3, 0.4) is 0 Å². The Morgan fingerprint density at radius 2 is 0.840 bits per heavy atom. The number of aromatic nitrogens is 4. The van der Waals surface area contributed by atoms with E-state index >= 15 is 0 Å². The molecule has 5 heteroatoms. The summed E-state index contributed by atoms with van der Waals surface area (Å²) in [6.07, 6.45) is 0. The van der Waals surface area contributed by atoms with E-state index < -0.39 is 0 Å². The van der Waals surface area contributed by atoms with E-state index in [4.69, 9.17) is 15.0 Å². The molecule has 0 N–H and O–H groups in total. The SMILES string of the molecule is c1ccc(-c2cccc(-c3nc(-c4ccccc4)nc(-c4ccc5c(c4)sc4cc(-n6c7ccccc7c7ccccc76)ccc45)n3)c2)cc1. The van der Waals surface area contributed by atoms with E-state index in [0.717, 1.165) is 33.5 Å². The summed E-state index contributed by atoms with van der Waals surface area (Å²) in [5.74, 6) is 1.96. The highest BCUT2D eigenvalue weighted by atomic mass is 32.1. The smallest absolute Gasteiger partial charge is 0.164 e. The number of hydrogen-bond acceptors (Lipinski definition) is 4. The Morgan fingerprint density at radius 3 is 1.52 bits per heavy atom. The van der Waals surface area contributed by atoms with Gasteiger partial charge in [-0.3, -0.25) is 0 Å². The standard InChI is InChI=1S/C45H28N4S/c1-3-12-29(13-4-1)31-16-11-17-32(26-31)44-46-43(30-14-5-2-6-15-30)47-45(48-44)33-22-24-37-38-25-23-34(28-42(38)50-41(37)27-33)49-39-20-9-7-18-35(39)36-19-8-10-21-40(36)49/h1-28H. The molecule has 0 radical (unpaired) electrons. The molecule has 0 saturated carbocycles. The Balaban J connectivity index is 1.10. The highest BCUT2D eigenvalue weighted by Gasteiger charge is 2.16. The van der Waals surface area contributed by atoms with Gasteiger partial charge in [0, 0.05) is 53.3 Å². The molecule has 50 heavy (non-hydrogen) atoms. The largest absolute Gasteiger partial charge is 0.309 e. The summed E-state index contributed by atoms with van der Waals surface area (Å²) in [5, 5.41) is 5.01. The van der Waals surface area contributed by atoms with Crippen molar-refractivity contribution in [1.29, 1.82) is 0 Å². The normalized spacial score (nSPS) is 11.6. The van der Waals surface area contributed by atoms with Crippen LogP contribution in [0, 0.1) is 0 Å². The molecule has 234 valence electrons. The Labute approximate surface area is 292 Å². The third kappa shape index (κ3) is 4.79. The van der Waals surface area contributed by atoms with Gasteiger partial charge >= 0.3 is 0 Å². The number of fused-ring (bicyclic) bond motifs is 6. The van der Waals surface area contributed by atoms with Crippen LogP contribution in [0.4, 0.5) is 0 Å². The zero-order chi connectivity index (χ0) is 33.0. The summed E-state index contributed by atoms with van der Waals surface area (Å²) in [4.78, 5) is 15.1. The molecular weight excluding hydrogens is 629 g/mol. The first kappa shape index (κ1) is 28.6. The van der Waals surface area contributed by atoms with Crippen LogP contribution in [0.1, 0.15) is 0 Å². The van der Waals surface area contributed by atoms with E-state index in [1.54, 1.807) is 0 Å². The molecule has 0 aliphatic rings. The van der Waals surface area contributed by atoms with Gasteiger partial charge in [0.25, 0.3) is 0 Å². The molecule has 3 heterocycles. The highest BCUT2D eigenvalue weighted by molar-refractivity contribution is 7.25. The fourth-order valence-electron chi connectivity index (χ4n) is 7.06. The van der Waals surface area contributed by atoms with Crippen molar-refractivity contribution < 1.29 is 0 Å². The predicted octanol–water partition coefficient (Wildman–Crippen LogP) is 12.0. The second-order valence-corrected chi connectivity index (χ2v) is 13.6. The lowest BCUT2D eigenvalue weighted by atomic mass is 10.0. The summed E-state index contributed by atoms with van der Waals surface area (Å²) in [7, 11) is 0. The van der Waals surface area contributed by atoms with Gasteiger partial charge in [-0.2, -0.15) is 0 Å². The van der Waals surface area contributed by atoms with Crippen LogP contribution in [-0.4, -0.2) is 19.5 Å². The number of benzene rings is 7. The zero-order valence-corrected chi connectivity index (χ0v) is 27.7. The number of thiophene rings is 1. The van der Waals surface area contributed by atoms with Crippen molar-refractivity contribution in [1.82, 2.24) is 19.5 Å². The highest BCUT2D eigenvalue weighted by Crippen LogP contribution is 2.39. The first-order valence-corrected chi connectivity index (χ1v) is 17.5. The predicted molar refractivity (Wildman–Crippen MR) is 209 cm³/mol. The van der Waals surface area contributed by atoms with Crippen LogP contribution in [0.15, 0.2) is 170 Å². The average Bonchev–Trinajstić information content (AvgIpc) is 3.73. The molecule has 3 aromatic heterocycles. The molecular formula is C45H28N4S. The minimum Gasteiger partial charge on any atom is -0.309 e. The minimum absolute atomic E-state index is 0.652. The van der Waals surface area contributed by atoms with Crippen LogP contribution >= 0.6 is 11.3 Å². The lowest BCUT2D eigenvalue weighted by Crippen LogP contribution is -2.00. The molecule has 0 atom stereocenters. The Bertz CT molecular complexity index is 2820. The third-order valence-corrected chi connectivity index (χ3v) is 10.6. The fraction of sp³-hybridized carbons (Fsp3) is 0. The summed E-state index contributed by atoms with van der Waals surface area (Å²) in [5.41, 5.74) is 8.74. The lowest BCUT2D eigenvalue weighted by Gasteiger charge is -2.10. The van der Waals surface area contributed by atoms with E-state index in [1.807, 2.05) is 47.7 Å². The van der Waals surface area contributed by atoms with E-state index in [9.17, 15) is 0 Å². The molecule has 10 aromatic rings. The van der Waals surface area contributed by atoms with Crippen LogP contribution in [-0.2, 0) is 0 Å². The molecule has 0 aliphatic heterocycles. The van der Waals surface area contributed by atoms with Gasteiger partial charge in [0.2, 0.25) is 0 Å². The lowest BCUT2D eigenvalue weighted by molar-refractivity contribution is 1.07. The van der Waals surface area contributed by atoms with Gasteiger partial charge in [-0.1, -0.05) is 133 Å². The van der Waals surface area contributed by atoms with Crippen LogP contribution in [0.5, 0.6) is 0 Å². The Kier molecular flexibility index (Phi) is 6.64. The van der Waals surface area contributed by atoms with E-state index in [2.05, 4.69) is 138 Å². The van der Waals surface area contributed by atoms with E-state index in [-0.39, 0.29) is 0 Å². The van der Waals surface area contributed by atoms with Crippen molar-refractivity contribution >= 4 is 53.3 Å². The van der Waals surface area contributed by atoms with Gasteiger partial charge in [0.1, 0.15) is 0 Å². The monoisotopic (exact) mass is 656 g/mol. The molecule has 0 spiro atoms. The summed E-state index contributed by atoms with van der Waals surface area (Å²) < 4.78 is 4.83. The Hall–Kier alpha value is -6.43. The number of rotatable bonds is 5. The van der Waals surface area contributed by atoms with Crippen molar-refractivity contribution in [3.8, 4) is 51.0 Å². The first-order chi connectivity index (χ1) is 24.8. The second kappa shape index (κ2) is 11.6. The number of para-hydroxylation sites is 2. The van der Waals surface area contributed by atoms with Crippen molar-refractivity contribution in [3.63, 3.8) is 0 Å². The maximum absolute atomic E-state index is 5.08. The van der Waals surface area contributed by atoms with Crippen molar-refractivity contribution in [3.05, 3.63) is 170 Å². The van der Waals surface area contributed by atoms with Crippen LogP contribution in [0.25, 0.3) is 93.0 Å². The zero-order valence-electron chi connectivity index (χ0n) is 26.9. The average molecular weight is 657 g/mol. The molecule has 4 nitrogen and oxygen atoms in total. The molecule has 10 rings (SSSR count). The number of nitrogens with zero attached hydrogens (tertiary/aromatic N) is 4. The Morgan fingerprint density at radius 1 is 0.340 bits per heavy atom. The maximum atomic E-state index is 5.08. The molecule has 0 bridgehead atoms. The summed E-state index contributed by atoms with van der Waals surface area (Å²) in [6.45, 7) is 0. The van der Waals surface area contributed by atoms with Gasteiger partial charge < -0.3 is 4.57 Å². The quantitative estimate of drug-likeness (QED) is 0.185. The van der Waals surface area contributed by atoms with Crippen LogP contribution < -0.4 is 0 Å². The molecule has 0 aliphatic carbocycles. The van der Waals surface area contributed by atoms with Gasteiger partial charge in [0.05, 0.1) is 11.0 Å². The molecule has 7 aromatic carbocycles. The molecule has 0 fully saturated rings. The van der Waals surface area contributed by atoms with E-state index in [0.29, 0.717) is 17.5 Å². The van der Waals surface area contributed by atoms with Crippen molar-refractivity contribution in [2.45, 2.75) is 0 Å². The minimum atomic E-state index is 0.652. The topological polar surface area (TPSA) is 43.6 Å².